The Morgan fingerprint density at radius 1 is 1.06 bits per heavy atom. The van der Waals surface area contributed by atoms with Crippen LogP contribution in [0.15, 0.2) is 59.2 Å². The highest BCUT2D eigenvalue weighted by atomic mass is 16.3. The van der Waals surface area contributed by atoms with E-state index in [-0.39, 0.29) is 0 Å². The molecule has 1 aromatic heterocycles. The molecule has 0 saturated heterocycles. The molecular formula is C16H11NO. The third kappa shape index (κ3) is 1.76. The summed E-state index contributed by atoms with van der Waals surface area (Å²) in [4.78, 5) is 0. The van der Waals surface area contributed by atoms with E-state index in [9.17, 15) is 0 Å². The van der Waals surface area contributed by atoms with Crippen LogP contribution in [0.3, 0.4) is 0 Å². The van der Waals surface area contributed by atoms with Crippen molar-refractivity contribution in [1.29, 1.82) is 5.26 Å². The van der Waals surface area contributed by atoms with Crippen molar-refractivity contribution in [2.75, 3.05) is 0 Å². The minimum absolute atomic E-state index is 0.426. The molecule has 0 atom stereocenters. The highest BCUT2D eigenvalue weighted by Gasteiger charge is 2.08. The number of hydrogen-bond acceptors (Lipinski definition) is 2. The van der Waals surface area contributed by atoms with Crippen LogP contribution in [0.2, 0.25) is 0 Å². The summed E-state index contributed by atoms with van der Waals surface area (Å²) in [6.45, 7) is 0. The summed E-state index contributed by atoms with van der Waals surface area (Å²) in [5, 5.41) is 9.82. The van der Waals surface area contributed by atoms with Gasteiger partial charge in [-0.05, 0) is 23.3 Å². The highest BCUT2D eigenvalue weighted by Crippen LogP contribution is 2.31. The number of rotatable bonds is 2. The Kier molecular flexibility index (Phi) is 2.59. The second-order valence-corrected chi connectivity index (χ2v) is 4.18. The van der Waals surface area contributed by atoms with Gasteiger partial charge in [-0.3, -0.25) is 0 Å². The molecule has 0 aliphatic heterocycles. The lowest BCUT2D eigenvalue weighted by molar-refractivity contribution is 0.617. The number of nitriles is 1. The van der Waals surface area contributed by atoms with E-state index in [0.29, 0.717) is 6.42 Å². The first-order chi connectivity index (χ1) is 8.88. The summed E-state index contributed by atoms with van der Waals surface area (Å²) in [6.07, 6.45) is 2.20. The monoisotopic (exact) mass is 233 g/mol. The first-order valence-electron chi connectivity index (χ1n) is 5.81. The zero-order valence-corrected chi connectivity index (χ0v) is 9.76. The maximum absolute atomic E-state index is 8.76. The van der Waals surface area contributed by atoms with Crippen molar-refractivity contribution in [3.8, 4) is 17.2 Å². The van der Waals surface area contributed by atoms with Gasteiger partial charge in [0.2, 0.25) is 0 Å². The van der Waals surface area contributed by atoms with Gasteiger partial charge in [-0.2, -0.15) is 5.26 Å². The van der Waals surface area contributed by atoms with E-state index in [4.69, 9.17) is 9.68 Å². The Hall–Kier alpha value is -2.53. The van der Waals surface area contributed by atoms with E-state index in [0.717, 1.165) is 27.7 Å². The fraction of sp³-hybridized carbons (Fsp3) is 0.0625. The summed E-state index contributed by atoms with van der Waals surface area (Å²) >= 11 is 0. The lowest BCUT2D eigenvalue weighted by Crippen LogP contribution is -1.81. The quantitative estimate of drug-likeness (QED) is 0.666. The molecule has 0 radical (unpaired) electrons. The molecule has 0 amide bonds. The molecule has 86 valence electrons. The number of furan rings is 1. The first-order valence-corrected chi connectivity index (χ1v) is 5.81. The Bertz CT molecular complexity index is 720. The number of benzene rings is 2. The number of fused-ring (bicyclic) bond motifs is 1. The lowest BCUT2D eigenvalue weighted by atomic mass is 10.0. The molecule has 3 aromatic rings. The standard InChI is InChI=1S/C16H11NO/c17-9-8-12-6-7-16-14(10-12)15(11-18-16)13-4-2-1-3-5-13/h1-7,10-11H,8H2. The molecule has 0 spiro atoms. The van der Waals surface area contributed by atoms with Crippen molar-refractivity contribution in [3.63, 3.8) is 0 Å². The predicted molar refractivity (Wildman–Crippen MR) is 71.0 cm³/mol. The Labute approximate surface area is 105 Å². The van der Waals surface area contributed by atoms with Crippen LogP contribution >= 0.6 is 0 Å². The first kappa shape index (κ1) is 10.6. The number of nitrogens with zero attached hydrogens (tertiary/aromatic N) is 1. The van der Waals surface area contributed by atoms with Gasteiger partial charge in [-0.15, -0.1) is 0 Å². The zero-order valence-electron chi connectivity index (χ0n) is 9.76. The van der Waals surface area contributed by atoms with E-state index in [1.54, 1.807) is 6.26 Å². The molecule has 2 nitrogen and oxygen atoms in total. The van der Waals surface area contributed by atoms with E-state index in [1.807, 2.05) is 36.4 Å². The van der Waals surface area contributed by atoms with Crippen LogP contribution in [0.1, 0.15) is 5.56 Å². The van der Waals surface area contributed by atoms with Crippen molar-refractivity contribution in [1.82, 2.24) is 0 Å². The summed E-state index contributed by atoms with van der Waals surface area (Å²) in [7, 11) is 0. The molecule has 0 fully saturated rings. The average Bonchev–Trinajstić information content (AvgIpc) is 2.83. The molecule has 0 bridgehead atoms. The molecule has 0 unspecified atom stereocenters. The van der Waals surface area contributed by atoms with Crippen LogP contribution in [0.4, 0.5) is 0 Å². The predicted octanol–water partition coefficient (Wildman–Crippen LogP) is 4.17. The molecule has 18 heavy (non-hydrogen) atoms. The van der Waals surface area contributed by atoms with Crippen LogP contribution in [0.5, 0.6) is 0 Å². The minimum Gasteiger partial charge on any atom is -0.464 e. The topological polar surface area (TPSA) is 36.9 Å². The van der Waals surface area contributed by atoms with Gasteiger partial charge < -0.3 is 4.42 Å². The normalized spacial score (nSPS) is 10.4. The molecule has 3 rings (SSSR count). The molecule has 0 N–H and O–H groups in total. The lowest BCUT2D eigenvalue weighted by Gasteiger charge is -1.99. The molecule has 0 aliphatic carbocycles. The van der Waals surface area contributed by atoms with Gasteiger partial charge in [-0.25, -0.2) is 0 Å². The summed E-state index contributed by atoms with van der Waals surface area (Å²) in [5.41, 5.74) is 4.08. The molecule has 0 aliphatic rings. The highest BCUT2D eigenvalue weighted by molar-refractivity contribution is 5.94. The second-order valence-electron chi connectivity index (χ2n) is 4.18. The SMILES string of the molecule is N#CCc1ccc2occ(-c3ccccc3)c2c1. The van der Waals surface area contributed by atoms with Gasteiger partial charge >= 0.3 is 0 Å². The van der Waals surface area contributed by atoms with Crippen molar-refractivity contribution in [2.45, 2.75) is 6.42 Å². The Morgan fingerprint density at radius 3 is 2.67 bits per heavy atom. The molecule has 2 heteroatoms. The van der Waals surface area contributed by atoms with Crippen LogP contribution in [-0.4, -0.2) is 0 Å². The minimum atomic E-state index is 0.426. The van der Waals surface area contributed by atoms with Crippen LogP contribution in [-0.2, 0) is 6.42 Å². The largest absolute Gasteiger partial charge is 0.464 e. The van der Waals surface area contributed by atoms with Gasteiger partial charge in [0.15, 0.2) is 0 Å². The Morgan fingerprint density at radius 2 is 1.89 bits per heavy atom. The van der Waals surface area contributed by atoms with Crippen LogP contribution < -0.4 is 0 Å². The van der Waals surface area contributed by atoms with Crippen LogP contribution in [0, 0.1) is 11.3 Å². The summed E-state index contributed by atoms with van der Waals surface area (Å²) in [6, 6.07) is 18.2. The van der Waals surface area contributed by atoms with Crippen LogP contribution in [0.25, 0.3) is 22.1 Å². The maximum atomic E-state index is 8.76. The Balaban J connectivity index is 2.19. The molecular weight excluding hydrogens is 222 g/mol. The van der Waals surface area contributed by atoms with Gasteiger partial charge in [0, 0.05) is 10.9 Å². The van der Waals surface area contributed by atoms with Gasteiger partial charge in [0.05, 0.1) is 18.8 Å². The van der Waals surface area contributed by atoms with Crippen molar-refractivity contribution in [2.24, 2.45) is 0 Å². The average molecular weight is 233 g/mol. The summed E-state index contributed by atoms with van der Waals surface area (Å²) < 4.78 is 5.55. The van der Waals surface area contributed by atoms with E-state index >= 15 is 0 Å². The smallest absolute Gasteiger partial charge is 0.134 e. The van der Waals surface area contributed by atoms with Gasteiger partial charge in [-0.1, -0.05) is 36.4 Å². The van der Waals surface area contributed by atoms with Crippen molar-refractivity contribution >= 4 is 11.0 Å². The fourth-order valence-electron chi connectivity index (χ4n) is 2.12. The molecule has 0 saturated carbocycles. The number of hydrogen-bond donors (Lipinski definition) is 0. The van der Waals surface area contributed by atoms with E-state index in [2.05, 4.69) is 18.2 Å². The van der Waals surface area contributed by atoms with Gasteiger partial charge in [0.25, 0.3) is 0 Å². The third-order valence-electron chi connectivity index (χ3n) is 3.01. The maximum Gasteiger partial charge on any atom is 0.134 e. The van der Waals surface area contributed by atoms with Gasteiger partial charge in [0.1, 0.15) is 5.58 Å². The summed E-state index contributed by atoms with van der Waals surface area (Å²) in [5.74, 6) is 0. The molecule has 2 aromatic carbocycles. The fourth-order valence-corrected chi connectivity index (χ4v) is 2.12. The van der Waals surface area contributed by atoms with Crippen molar-refractivity contribution in [3.05, 3.63) is 60.4 Å². The van der Waals surface area contributed by atoms with E-state index < -0.39 is 0 Å². The van der Waals surface area contributed by atoms with Crippen molar-refractivity contribution < 1.29 is 4.42 Å². The zero-order chi connectivity index (χ0) is 12.4. The second kappa shape index (κ2) is 4.38. The van der Waals surface area contributed by atoms with E-state index in [1.165, 1.54) is 0 Å². The third-order valence-corrected chi connectivity index (χ3v) is 3.01. The molecule has 1 heterocycles.